The van der Waals surface area contributed by atoms with Gasteiger partial charge in [-0.3, -0.25) is 4.79 Å². The number of aromatic nitrogens is 1. The van der Waals surface area contributed by atoms with Crippen molar-refractivity contribution in [3.05, 3.63) is 44.9 Å². The molecule has 0 unspecified atom stereocenters. The number of nitrogens with one attached hydrogen (secondary N) is 2. The van der Waals surface area contributed by atoms with Gasteiger partial charge in [0.15, 0.2) is 5.13 Å². The average Bonchev–Trinajstić information content (AvgIpc) is 2.88. The zero-order valence-corrected chi connectivity index (χ0v) is 15.7. The molecule has 1 aromatic carbocycles. The van der Waals surface area contributed by atoms with Crippen LogP contribution in [-0.2, 0) is 11.2 Å². The summed E-state index contributed by atoms with van der Waals surface area (Å²) in [5, 5.41) is 6.44. The molecule has 22 heavy (non-hydrogen) atoms. The van der Waals surface area contributed by atoms with Crippen LogP contribution in [0.15, 0.2) is 28.9 Å². The number of benzene rings is 1. The van der Waals surface area contributed by atoms with Crippen LogP contribution in [0.2, 0.25) is 0 Å². The molecule has 2 rings (SSSR count). The predicted molar refractivity (Wildman–Crippen MR) is 98.2 cm³/mol. The van der Waals surface area contributed by atoms with Crippen molar-refractivity contribution in [2.45, 2.75) is 19.8 Å². The van der Waals surface area contributed by atoms with Gasteiger partial charge >= 0.3 is 0 Å². The number of carbonyl (C=O) groups is 1. The summed E-state index contributed by atoms with van der Waals surface area (Å²) in [6, 6.07) is 6.32. The molecule has 1 amide bonds. The van der Waals surface area contributed by atoms with Gasteiger partial charge in [0, 0.05) is 34.9 Å². The summed E-state index contributed by atoms with van der Waals surface area (Å²) in [6.07, 6.45) is 3.12. The first-order valence-corrected chi connectivity index (χ1v) is 8.33. The fourth-order valence-electron chi connectivity index (χ4n) is 1.89. The van der Waals surface area contributed by atoms with E-state index in [9.17, 15) is 4.79 Å². The molecule has 0 radical (unpaired) electrons. The van der Waals surface area contributed by atoms with Gasteiger partial charge in [0.25, 0.3) is 0 Å². The minimum atomic E-state index is -0.00950. The lowest BCUT2D eigenvalue weighted by molar-refractivity contribution is -0.116. The van der Waals surface area contributed by atoms with Crippen LogP contribution in [0.4, 0.5) is 5.13 Å². The van der Waals surface area contributed by atoms with Gasteiger partial charge in [-0.25, -0.2) is 4.98 Å². The second kappa shape index (κ2) is 9.25. The third kappa shape index (κ3) is 5.68. The van der Waals surface area contributed by atoms with Gasteiger partial charge in [-0.15, -0.1) is 23.7 Å². The van der Waals surface area contributed by atoms with Crippen LogP contribution in [-0.4, -0.2) is 24.5 Å². The number of halogens is 2. The summed E-state index contributed by atoms with van der Waals surface area (Å²) < 4.78 is 1.12. The zero-order chi connectivity index (χ0) is 15.2. The van der Waals surface area contributed by atoms with Crippen LogP contribution in [0.25, 0.3) is 0 Å². The maximum atomic E-state index is 11.6. The highest BCUT2D eigenvalue weighted by Gasteiger charge is 2.07. The fraction of sp³-hybridized carbons (Fsp3) is 0.333. The molecule has 0 aliphatic rings. The SMILES string of the molecule is CNCCC(=O)Nc1ncc(Cc2ccc(Br)c(C)c2)s1.Cl. The van der Waals surface area contributed by atoms with Gasteiger partial charge in [0.05, 0.1) is 0 Å². The van der Waals surface area contributed by atoms with E-state index < -0.39 is 0 Å². The Hall–Kier alpha value is -0.950. The Morgan fingerprint density at radius 1 is 1.41 bits per heavy atom. The van der Waals surface area contributed by atoms with E-state index >= 15 is 0 Å². The van der Waals surface area contributed by atoms with Gasteiger partial charge in [-0.2, -0.15) is 0 Å². The predicted octanol–water partition coefficient (Wildman–Crippen LogP) is 3.77. The lowest BCUT2D eigenvalue weighted by Crippen LogP contribution is -2.18. The largest absolute Gasteiger partial charge is 0.319 e. The molecule has 4 nitrogen and oxygen atoms in total. The molecule has 0 bridgehead atoms. The van der Waals surface area contributed by atoms with E-state index in [1.165, 1.54) is 22.5 Å². The number of amides is 1. The second-order valence-corrected chi connectivity index (χ2v) is 6.76. The highest BCUT2D eigenvalue weighted by Crippen LogP contribution is 2.23. The number of hydrogen-bond acceptors (Lipinski definition) is 4. The minimum absolute atomic E-state index is 0. The number of hydrogen-bond donors (Lipinski definition) is 2. The summed E-state index contributed by atoms with van der Waals surface area (Å²) in [5.41, 5.74) is 2.46. The molecule has 0 spiro atoms. The molecule has 0 saturated carbocycles. The lowest BCUT2D eigenvalue weighted by Gasteiger charge is -2.02. The average molecular weight is 405 g/mol. The molecule has 0 saturated heterocycles. The maximum absolute atomic E-state index is 11.6. The summed E-state index contributed by atoms with van der Waals surface area (Å²) in [5.74, 6) is -0.00950. The van der Waals surface area contributed by atoms with E-state index in [0.29, 0.717) is 18.1 Å². The van der Waals surface area contributed by atoms with Crippen molar-refractivity contribution in [3.63, 3.8) is 0 Å². The van der Waals surface area contributed by atoms with Gasteiger partial charge in [0.1, 0.15) is 0 Å². The first kappa shape index (κ1) is 19.1. The van der Waals surface area contributed by atoms with Crippen molar-refractivity contribution in [2.24, 2.45) is 0 Å². The topological polar surface area (TPSA) is 54.0 Å². The van der Waals surface area contributed by atoms with Crippen molar-refractivity contribution in [1.29, 1.82) is 0 Å². The summed E-state index contributed by atoms with van der Waals surface area (Å²) in [4.78, 5) is 17.0. The fourth-order valence-corrected chi connectivity index (χ4v) is 2.99. The normalized spacial score (nSPS) is 10.1. The van der Waals surface area contributed by atoms with E-state index in [0.717, 1.165) is 15.8 Å². The molecule has 120 valence electrons. The van der Waals surface area contributed by atoms with E-state index in [1.54, 1.807) is 0 Å². The Balaban J connectivity index is 0.00000242. The van der Waals surface area contributed by atoms with Crippen molar-refractivity contribution in [1.82, 2.24) is 10.3 Å². The number of aryl methyl sites for hydroxylation is 1. The summed E-state index contributed by atoms with van der Waals surface area (Å²) in [7, 11) is 1.83. The van der Waals surface area contributed by atoms with Gasteiger partial charge in [-0.05, 0) is 31.2 Å². The van der Waals surface area contributed by atoms with E-state index in [1.807, 2.05) is 13.2 Å². The van der Waals surface area contributed by atoms with Crippen LogP contribution in [0.1, 0.15) is 22.4 Å². The van der Waals surface area contributed by atoms with Crippen LogP contribution in [0, 0.1) is 6.92 Å². The molecule has 0 atom stereocenters. The van der Waals surface area contributed by atoms with Crippen LogP contribution in [0.3, 0.4) is 0 Å². The first-order valence-electron chi connectivity index (χ1n) is 6.72. The Bertz CT molecular complexity index is 633. The minimum Gasteiger partial charge on any atom is -0.319 e. The molecule has 7 heteroatoms. The van der Waals surface area contributed by atoms with Crippen molar-refractivity contribution >= 4 is 50.7 Å². The van der Waals surface area contributed by atoms with E-state index in [4.69, 9.17) is 0 Å². The van der Waals surface area contributed by atoms with E-state index in [2.05, 4.69) is 56.7 Å². The third-order valence-electron chi connectivity index (χ3n) is 3.00. The van der Waals surface area contributed by atoms with Crippen molar-refractivity contribution in [3.8, 4) is 0 Å². The number of carbonyl (C=O) groups excluding carboxylic acids is 1. The molecule has 2 N–H and O–H groups in total. The molecule has 1 heterocycles. The van der Waals surface area contributed by atoms with Crippen LogP contribution in [0.5, 0.6) is 0 Å². The highest BCUT2D eigenvalue weighted by molar-refractivity contribution is 9.10. The summed E-state index contributed by atoms with van der Waals surface area (Å²) >= 11 is 5.03. The number of rotatable bonds is 6. The highest BCUT2D eigenvalue weighted by atomic mass is 79.9. The molecule has 0 aliphatic carbocycles. The molecule has 1 aromatic heterocycles. The Labute approximate surface area is 149 Å². The zero-order valence-electron chi connectivity index (χ0n) is 12.5. The quantitative estimate of drug-likeness (QED) is 0.770. The lowest BCUT2D eigenvalue weighted by atomic mass is 10.1. The molecular weight excluding hydrogens is 386 g/mol. The standard InChI is InChI=1S/C15H18BrN3OS.ClH/c1-10-7-11(3-4-13(10)16)8-12-9-18-15(21-12)19-14(20)5-6-17-2;/h3-4,7,9,17H,5-6,8H2,1-2H3,(H,18,19,20);1H. The Morgan fingerprint density at radius 3 is 2.86 bits per heavy atom. The second-order valence-electron chi connectivity index (χ2n) is 4.79. The van der Waals surface area contributed by atoms with Gasteiger partial charge < -0.3 is 10.6 Å². The van der Waals surface area contributed by atoms with Gasteiger partial charge in [0.2, 0.25) is 5.91 Å². The Morgan fingerprint density at radius 2 is 2.18 bits per heavy atom. The summed E-state index contributed by atoms with van der Waals surface area (Å²) in [6.45, 7) is 2.75. The van der Waals surface area contributed by atoms with Crippen LogP contribution < -0.4 is 10.6 Å². The molecular formula is C15H19BrClN3OS. The van der Waals surface area contributed by atoms with Crippen LogP contribution >= 0.6 is 39.7 Å². The number of anilines is 1. The van der Waals surface area contributed by atoms with E-state index in [-0.39, 0.29) is 18.3 Å². The number of thiazole rings is 1. The molecule has 2 aromatic rings. The molecule has 0 fully saturated rings. The molecule has 0 aliphatic heterocycles. The smallest absolute Gasteiger partial charge is 0.227 e. The van der Waals surface area contributed by atoms with Crippen molar-refractivity contribution < 1.29 is 4.79 Å². The Kier molecular flexibility index (Phi) is 8.03. The number of nitrogens with zero attached hydrogens (tertiary/aromatic N) is 1. The van der Waals surface area contributed by atoms with Gasteiger partial charge in [-0.1, -0.05) is 28.1 Å². The van der Waals surface area contributed by atoms with Crippen molar-refractivity contribution in [2.75, 3.05) is 18.9 Å². The monoisotopic (exact) mass is 403 g/mol. The first-order chi connectivity index (χ1) is 10.1. The maximum Gasteiger partial charge on any atom is 0.227 e. The third-order valence-corrected chi connectivity index (χ3v) is 4.81.